The fourth-order valence-electron chi connectivity index (χ4n) is 1.43. The highest BCUT2D eigenvalue weighted by atomic mass is 19.4. The highest BCUT2D eigenvalue weighted by Gasteiger charge is 2.42. The Labute approximate surface area is 97.2 Å². The first kappa shape index (κ1) is 16.1. The van der Waals surface area contributed by atoms with E-state index in [1.54, 1.807) is 0 Å². The summed E-state index contributed by atoms with van der Waals surface area (Å²) < 4.78 is 64.2. The van der Waals surface area contributed by atoms with Crippen LogP contribution in [0.3, 0.4) is 0 Å². The lowest BCUT2D eigenvalue weighted by atomic mass is 9.91. The van der Waals surface area contributed by atoms with Crippen LogP contribution >= 0.6 is 0 Å². The highest BCUT2D eigenvalue weighted by molar-refractivity contribution is 6.02. The topological polar surface area (TPSA) is 23.9 Å². The standard InChI is InChI=1S/C11H16F5N/c1-5-8(9(17)11(14,15)16)7(4)10(12,13)6(2)3/h6,17H,5H2,1-4H3/b8-7+,17-9?. The monoisotopic (exact) mass is 257 g/mol. The zero-order chi connectivity index (χ0) is 14.0. The van der Waals surface area contributed by atoms with Crippen molar-refractivity contribution in [2.75, 3.05) is 0 Å². The molecule has 1 N–H and O–H groups in total. The van der Waals surface area contributed by atoms with E-state index in [-0.39, 0.29) is 6.42 Å². The highest BCUT2D eigenvalue weighted by Crippen LogP contribution is 2.36. The van der Waals surface area contributed by atoms with Gasteiger partial charge in [0.2, 0.25) is 0 Å². The zero-order valence-corrected chi connectivity index (χ0v) is 10.2. The molecule has 0 aliphatic heterocycles. The maximum Gasteiger partial charge on any atom is 0.432 e. The summed E-state index contributed by atoms with van der Waals surface area (Å²) in [5, 5.41) is 6.93. The molecule has 0 aromatic rings. The van der Waals surface area contributed by atoms with E-state index in [1.165, 1.54) is 20.8 Å². The molecule has 0 unspecified atom stereocenters. The lowest BCUT2D eigenvalue weighted by Gasteiger charge is -2.25. The van der Waals surface area contributed by atoms with Crippen molar-refractivity contribution in [2.45, 2.75) is 46.2 Å². The quantitative estimate of drug-likeness (QED) is 0.562. The Morgan fingerprint density at radius 3 is 1.76 bits per heavy atom. The molecule has 6 heteroatoms. The van der Waals surface area contributed by atoms with Crippen molar-refractivity contribution < 1.29 is 22.0 Å². The summed E-state index contributed by atoms with van der Waals surface area (Å²) in [5.74, 6) is -4.44. The average molecular weight is 257 g/mol. The van der Waals surface area contributed by atoms with E-state index in [0.29, 0.717) is 0 Å². The largest absolute Gasteiger partial charge is 0.432 e. The smallest absolute Gasteiger partial charge is 0.296 e. The molecule has 0 fully saturated rings. The van der Waals surface area contributed by atoms with Crippen molar-refractivity contribution in [1.82, 2.24) is 0 Å². The molecule has 0 aliphatic carbocycles. The summed E-state index contributed by atoms with van der Waals surface area (Å²) in [5.41, 5.74) is -2.98. The molecule has 0 saturated heterocycles. The van der Waals surface area contributed by atoms with E-state index in [2.05, 4.69) is 0 Å². The molecule has 0 rings (SSSR count). The third kappa shape index (κ3) is 3.51. The molecule has 0 heterocycles. The van der Waals surface area contributed by atoms with E-state index in [4.69, 9.17) is 5.41 Å². The Kier molecular flexibility index (Phi) is 4.86. The van der Waals surface area contributed by atoms with Gasteiger partial charge in [0, 0.05) is 11.5 Å². The predicted octanol–water partition coefficient (Wildman–Crippen LogP) is 4.59. The number of allylic oxidation sites excluding steroid dienone is 2. The normalized spacial score (nSPS) is 14.9. The van der Waals surface area contributed by atoms with Crippen LogP contribution in [0.5, 0.6) is 0 Å². The molecule has 0 spiro atoms. The first-order valence-electron chi connectivity index (χ1n) is 5.20. The van der Waals surface area contributed by atoms with Gasteiger partial charge in [0.1, 0.15) is 5.71 Å². The minimum Gasteiger partial charge on any atom is -0.296 e. The second kappa shape index (κ2) is 5.14. The van der Waals surface area contributed by atoms with Crippen LogP contribution in [-0.2, 0) is 0 Å². The molecule has 17 heavy (non-hydrogen) atoms. The van der Waals surface area contributed by atoms with Gasteiger partial charge in [-0.1, -0.05) is 20.8 Å². The van der Waals surface area contributed by atoms with Gasteiger partial charge in [0.25, 0.3) is 5.92 Å². The van der Waals surface area contributed by atoms with E-state index < -0.39 is 34.9 Å². The number of halogens is 5. The summed E-state index contributed by atoms with van der Waals surface area (Å²) in [4.78, 5) is 0. The molecule has 0 saturated carbocycles. The zero-order valence-electron chi connectivity index (χ0n) is 10.2. The van der Waals surface area contributed by atoms with Crippen LogP contribution in [0.25, 0.3) is 0 Å². The number of hydrogen-bond donors (Lipinski definition) is 1. The average Bonchev–Trinajstić information content (AvgIpc) is 2.16. The van der Waals surface area contributed by atoms with Gasteiger partial charge in [-0.15, -0.1) is 0 Å². The number of nitrogens with one attached hydrogen (secondary N) is 1. The van der Waals surface area contributed by atoms with Crippen molar-refractivity contribution in [1.29, 1.82) is 5.41 Å². The van der Waals surface area contributed by atoms with Gasteiger partial charge in [-0.3, -0.25) is 5.41 Å². The molecular weight excluding hydrogens is 241 g/mol. The number of rotatable bonds is 4. The van der Waals surface area contributed by atoms with E-state index >= 15 is 0 Å². The minimum atomic E-state index is -4.89. The summed E-state index contributed by atoms with van der Waals surface area (Å²) in [6.07, 6.45) is -5.13. The van der Waals surface area contributed by atoms with Crippen LogP contribution in [0.4, 0.5) is 22.0 Å². The van der Waals surface area contributed by atoms with Gasteiger partial charge in [-0.2, -0.15) is 13.2 Å². The van der Waals surface area contributed by atoms with Crippen LogP contribution in [-0.4, -0.2) is 17.8 Å². The Bertz CT molecular complexity index is 325. The molecule has 0 bridgehead atoms. The second-order valence-electron chi connectivity index (χ2n) is 4.11. The summed E-state index contributed by atoms with van der Waals surface area (Å²) >= 11 is 0. The van der Waals surface area contributed by atoms with Crippen LogP contribution < -0.4 is 0 Å². The van der Waals surface area contributed by atoms with Crippen LogP contribution in [0.15, 0.2) is 11.1 Å². The SMILES string of the molecule is CC/C(C(=N)C(F)(F)F)=C(/C)C(F)(F)C(C)C. The van der Waals surface area contributed by atoms with Crippen molar-refractivity contribution in [3.8, 4) is 0 Å². The van der Waals surface area contributed by atoms with Gasteiger partial charge in [-0.25, -0.2) is 8.78 Å². The fraction of sp³-hybridized carbons (Fsp3) is 0.727. The summed E-state index contributed by atoms with van der Waals surface area (Å²) in [7, 11) is 0. The van der Waals surface area contributed by atoms with Gasteiger partial charge in [-0.05, 0) is 18.9 Å². The van der Waals surface area contributed by atoms with Crippen LogP contribution in [0.1, 0.15) is 34.1 Å². The van der Waals surface area contributed by atoms with Gasteiger partial charge in [0.05, 0.1) is 0 Å². The van der Waals surface area contributed by atoms with E-state index in [0.717, 1.165) is 6.92 Å². The molecule has 0 aliphatic rings. The lowest BCUT2D eigenvalue weighted by Crippen LogP contribution is -2.31. The molecular formula is C11H16F5N. The van der Waals surface area contributed by atoms with E-state index in [9.17, 15) is 22.0 Å². The first-order chi connectivity index (χ1) is 7.46. The third-order valence-electron chi connectivity index (χ3n) is 2.62. The van der Waals surface area contributed by atoms with Crippen molar-refractivity contribution >= 4 is 5.71 Å². The van der Waals surface area contributed by atoms with Crippen LogP contribution in [0, 0.1) is 11.3 Å². The fourth-order valence-corrected chi connectivity index (χ4v) is 1.43. The third-order valence-corrected chi connectivity index (χ3v) is 2.62. The van der Waals surface area contributed by atoms with Gasteiger partial charge >= 0.3 is 6.18 Å². The molecule has 100 valence electrons. The first-order valence-corrected chi connectivity index (χ1v) is 5.20. The van der Waals surface area contributed by atoms with E-state index in [1.807, 2.05) is 0 Å². The minimum absolute atomic E-state index is 0.244. The maximum absolute atomic E-state index is 13.6. The molecule has 0 amide bonds. The molecule has 1 nitrogen and oxygen atoms in total. The molecule has 0 aromatic heterocycles. The van der Waals surface area contributed by atoms with Crippen LogP contribution in [0.2, 0.25) is 0 Å². The Morgan fingerprint density at radius 1 is 1.12 bits per heavy atom. The Hall–Kier alpha value is -0.940. The van der Waals surface area contributed by atoms with Crippen molar-refractivity contribution in [3.05, 3.63) is 11.1 Å². The maximum atomic E-state index is 13.6. The van der Waals surface area contributed by atoms with Crippen molar-refractivity contribution in [3.63, 3.8) is 0 Å². The Morgan fingerprint density at radius 2 is 1.53 bits per heavy atom. The summed E-state index contributed by atoms with van der Waals surface area (Å²) in [6.45, 7) is 4.75. The molecule has 0 radical (unpaired) electrons. The number of hydrogen-bond acceptors (Lipinski definition) is 1. The van der Waals surface area contributed by atoms with Gasteiger partial charge < -0.3 is 0 Å². The predicted molar refractivity (Wildman–Crippen MR) is 56.6 cm³/mol. The Balaban J connectivity index is 5.58. The molecule has 0 aromatic carbocycles. The van der Waals surface area contributed by atoms with Gasteiger partial charge in [0.15, 0.2) is 0 Å². The van der Waals surface area contributed by atoms with Crippen molar-refractivity contribution in [2.24, 2.45) is 5.92 Å². The number of alkyl halides is 5. The molecule has 0 atom stereocenters. The summed E-state index contributed by atoms with van der Waals surface area (Å²) in [6, 6.07) is 0. The second-order valence-corrected chi connectivity index (χ2v) is 4.11. The lowest BCUT2D eigenvalue weighted by molar-refractivity contribution is -0.0595.